The fraction of sp³-hybridized carbons (Fsp3) is 0.148. The Balaban J connectivity index is 1.43. The predicted octanol–water partition coefficient (Wildman–Crippen LogP) is 4.41. The van der Waals surface area contributed by atoms with Gasteiger partial charge in [-0.1, -0.05) is 18.2 Å². The van der Waals surface area contributed by atoms with Crippen molar-refractivity contribution in [1.82, 2.24) is 15.2 Å². The van der Waals surface area contributed by atoms with E-state index in [1.165, 1.54) is 24.4 Å². The number of carbonyl (C=O) groups is 1. The molecule has 0 radical (unpaired) electrons. The van der Waals surface area contributed by atoms with Gasteiger partial charge in [0.1, 0.15) is 24.6 Å². The van der Waals surface area contributed by atoms with Gasteiger partial charge in [0.25, 0.3) is 11.6 Å². The molecule has 0 unspecified atom stereocenters. The molecule has 5 rings (SSSR count). The molecule has 0 fully saturated rings. The van der Waals surface area contributed by atoms with Gasteiger partial charge >= 0.3 is 0 Å². The van der Waals surface area contributed by atoms with E-state index in [0.29, 0.717) is 48.2 Å². The number of nitrogens with zero attached hydrogens (tertiary/aromatic N) is 4. The zero-order valence-corrected chi connectivity index (χ0v) is 20.5. The van der Waals surface area contributed by atoms with Gasteiger partial charge in [-0.15, -0.1) is 0 Å². The maximum atomic E-state index is 12.7. The van der Waals surface area contributed by atoms with Crippen molar-refractivity contribution in [2.45, 2.75) is 6.92 Å². The lowest BCUT2D eigenvalue weighted by Gasteiger charge is -2.18. The largest absolute Gasteiger partial charge is 0.486 e. The van der Waals surface area contributed by atoms with Gasteiger partial charge in [-0.3, -0.25) is 14.9 Å². The summed E-state index contributed by atoms with van der Waals surface area (Å²) >= 11 is 0. The number of anilines is 1. The summed E-state index contributed by atoms with van der Waals surface area (Å²) in [4.78, 5) is 23.6. The van der Waals surface area contributed by atoms with Crippen LogP contribution in [0.4, 0.5) is 11.4 Å². The third-order valence-corrected chi connectivity index (χ3v) is 5.77. The Labute approximate surface area is 217 Å². The number of nitro groups is 1. The van der Waals surface area contributed by atoms with Crippen molar-refractivity contribution in [2.75, 3.05) is 25.1 Å². The van der Waals surface area contributed by atoms with Crippen molar-refractivity contribution in [2.24, 2.45) is 5.10 Å². The normalized spacial score (nSPS) is 12.3. The van der Waals surface area contributed by atoms with Crippen LogP contribution in [0, 0.1) is 10.1 Å². The molecule has 11 nitrogen and oxygen atoms in total. The lowest BCUT2D eigenvalue weighted by Crippen LogP contribution is -2.18. The third-order valence-electron chi connectivity index (χ3n) is 5.77. The monoisotopic (exact) mass is 512 g/mol. The van der Waals surface area contributed by atoms with Crippen LogP contribution in [0.1, 0.15) is 22.8 Å². The Hall–Kier alpha value is -5.19. The number of amides is 1. The first-order valence-electron chi connectivity index (χ1n) is 11.9. The van der Waals surface area contributed by atoms with E-state index in [0.717, 1.165) is 11.3 Å². The average Bonchev–Trinajstić information content (AvgIpc) is 3.37. The van der Waals surface area contributed by atoms with Crippen LogP contribution in [0.2, 0.25) is 0 Å². The van der Waals surface area contributed by atoms with Gasteiger partial charge in [0, 0.05) is 35.5 Å². The molecular formula is C27H24N6O5. The average molecular weight is 513 g/mol. The molecule has 1 aliphatic rings. The summed E-state index contributed by atoms with van der Waals surface area (Å²) in [5.74, 6) is 0.713. The van der Waals surface area contributed by atoms with Gasteiger partial charge < -0.3 is 14.8 Å². The third kappa shape index (κ3) is 5.16. The second-order valence-corrected chi connectivity index (χ2v) is 8.29. The van der Waals surface area contributed by atoms with Crippen molar-refractivity contribution in [3.05, 3.63) is 94.2 Å². The van der Waals surface area contributed by atoms with Gasteiger partial charge in [0.2, 0.25) is 0 Å². The standard InChI is InChI=1S/C27H24N6O5/c1-2-28-22-10-8-19(14-23(22)33(35)36)27(34)30-29-16-20-17-32(21-6-4-3-5-7-21)31-26(20)18-9-11-24-25(15-18)38-13-12-37-24/h3-11,14-17,28H,2,12-13H2,1H3,(H,30,34)/b29-16+. The molecule has 2 N–H and O–H groups in total. The van der Waals surface area contributed by atoms with Gasteiger partial charge in [0.05, 0.1) is 16.8 Å². The van der Waals surface area contributed by atoms with Crippen LogP contribution in [0.5, 0.6) is 11.5 Å². The number of fused-ring (bicyclic) bond motifs is 1. The molecule has 0 saturated heterocycles. The topological polar surface area (TPSA) is 133 Å². The Kier molecular flexibility index (Phi) is 6.98. The van der Waals surface area contributed by atoms with E-state index in [1.54, 1.807) is 10.9 Å². The highest BCUT2D eigenvalue weighted by Gasteiger charge is 2.18. The summed E-state index contributed by atoms with van der Waals surface area (Å²) in [5.41, 5.74) is 5.61. The van der Waals surface area contributed by atoms with Crippen molar-refractivity contribution < 1.29 is 19.2 Å². The van der Waals surface area contributed by atoms with Gasteiger partial charge in [0.15, 0.2) is 11.5 Å². The molecule has 2 heterocycles. The van der Waals surface area contributed by atoms with E-state index in [1.807, 2.05) is 55.5 Å². The maximum absolute atomic E-state index is 12.7. The Bertz CT molecular complexity index is 1520. The number of nitrogens with one attached hydrogen (secondary N) is 2. The predicted molar refractivity (Wildman–Crippen MR) is 142 cm³/mol. The maximum Gasteiger partial charge on any atom is 0.293 e. The Morgan fingerprint density at radius 2 is 1.89 bits per heavy atom. The molecule has 192 valence electrons. The molecule has 0 aliphatic carbocycles. The number of carbonyl (C=O) groups excluding carboxylic acids is 1. The van der Waals surface area contributed by atoms with Crippen LogP contribution in [-0.4, -0.2) is 46.6 Å². The van der Waals surface area contributed by atoms with Gasteiger partial charge in [-0.05, 0) is 49.4 Å². The molecule has 0 saturated carbocycles. The number of nitro benzene ring substituents is 1. The fourth-order valence-electron chi connectivity index (χ4n) is 4.00. The van der Waals surface area contributed by atoms with Crippen LogP contribution in [0.25, 0.3) is 16.9 Å². The van der Waals surface area contributed by atoms with E-state index < -0.39 is 10.8 Å². The molecule has 0 atom stereocenters. The van der Waals surface area contributed by atoms with Crippen molar-refractivity contribution in [3.63, 3.8) is 0 Å². The molecule has 0 bridgehead atoms. The zero-order chi connectivity index (χ0) is 26.5. The summed E-state index contributed by atoms with van der Waals surface area (Å²) in [6.45, 7) is 3.30. The number of hydrogen-bond acceptors (Lipinski definition) is 8. The molecule has 4 aromatic rings. The number of para-hydroxylation sites is 1. The number of rotatable bonds is 8. The van der Waals surface area contributed by atoms with Crippen molar-refractivity contribution in [3.8, 4) is 28.4 Å². The summed E-state index contributed by atoms with van der Waals surface area (Å²) in [7, 11) is 0. The summed E-state index contributed by atoms with van der Waals surface area (Å²) in [5, 5.41) is 23.2. The minimum absolute atomic E-state index is 0.113. The van der Waals surface area contributed by atoms with Crippen molar-refractivity contribution in [1.29, 1.82) is 0 Å². The molecule has 3 aromatic carbocycles. The lowest BCUT2D eigenvalue weighted by molar-refractivity contribution is -0.384. The lowest BCUT2D eigenvalue weighted by atomic mass is 10.1. The molecule has 38 heavy (non-hydrogen) atoms. The highest BCUT2D eigenvalue weighted by atomic mass is 16.6. The number of hydrogen-bond donors (Lipinski definition) is 2. The van der Waals surface area contributed by atoms with Gasteiger partial charge in [-0.2, -0.15) is 10.2 Å². The summed E-state index contributed by atoms with van der Waals surface area (Å²) < 4.78 is 13.1. The highest BCUT2D eigenvalue weighted by Crippen LogP contribution is 2.35. The minimum Gasteiger partial charge on any atom is -0.486 e. The highest BCUT2D eigenvalue weighted by molar-refractivity contribution is 5.97. The van der Waals surface area contributed by atoms with E-state index in [9.17, 15) is 14.9 Å². The zero-order valence-electron chi connectivity index (χ0n) is 20.5. The van der Waals surface area contributed by atoms with Crippen LogP contribution in [0.3, 0.4) is 0 Å². The second kappa shape index (κ2) is 10.8. The summed E-state index contributed by atoms with van der Waals surface area (Å²) in [6.07, 6.45) is 3.28. The van der Waals surface area contributed by atoms with Crippen molar-refractivity contribution >= 4 is 23.5 Å². The molecule has 1 amide bonds. The Morgan fingerprint density at radius 1 is 1.11 bits per heavy atom. The van der Waals surface area contributed by atoms with E-state index in [4.69, 9.17) is 14.6 Å². The first kappa shape index (κ1) is 24.5. The van der Waals surface area contributed by atoms with Crippen LogP contribution in [-0.2, 0) is 0 Å². The van der Waals surface area contributed by atoms with E-state index in [2.05, 4.69) is 15.8 Å². The van der Waals surface area contributed by atoms with Crippen LogP contribution >= 0.6 is 0 Å². The smallest absolute Gasteiger partial charge is 0.293 e. The van der Waals surface area contributed by atoms with Gasteiger partial charge in [-0.25, -0.2) is 10.1 Å². The van der Waals surface area contributed by atoms with E-state index in [-0.39, 0.29) is 11.3 Å². The Morgan fingerprint density at radius 3 is 2.66 bits per heavy atom. The summed E-state index contributed by atoms with van der Waals surface area (Å²) in [6, 6.07) is 19.4. The fourth-order valence-corrected chi connectivity index (χ4v) is 4.00. The molecule has 11 heteroatoms. The molecule has 1 aliphatic heterocycles. The molecule has 1 aromatic heterocycles. The SMILES string of the molecule is CCNc1ccc(C(=O)N/N=C/c2cn(-c3ccccc3)nc2-c2ccc3c(c2)OCCO3)cc1[N+](=O)[O-]. The van der Waals surface area contributed by atoms with Crippen LogP contribution in [0.15, 0.2) is 78.0 Å². The van der Waals surface area contributed by atoms with Crippen LogP contribution < -0.4 is 20.2 Å². The quantitative estimate of drug-likeness (QED) is 0.203. The first-order valence-corrected chi connectivity index (χ1v) is 11.9. The minimum atomic E-state index is -0.580. The number of ether oxygens (including phenoxy) is 2. The number of benzene rings is 3. The number of hydrazone groups is 1. The second-order valence-electron chi connectivity index (χ2n) is 8.29. The first-order chi connectivity index (χ1) is 18.5. The van der Waals surface area contributed by atoms with E-state index >= 15 is 0 Å². The number of aromatic nitrogens is 2. The molecular weight excluding hydrogens is 488 g/mol. The molecule has 0 spiro atoms.